The molecule has 1 aromatic carbocycles. The van der Waals surface area contributed by atoms with Crippen molar-refractivity contribution in [2.75, 3.05) is 13.7 Å². The van der Waals surface area contributed by atoms with Crippen LogP contribution in [-0.4, -0.2) is 23.7 Å². The van der Waals surface area contributed by atoms with E-state index in [1.165, 1.54) is 0 Å². The maximum absolute atomic E-state index is 5.83. The van der Waals surface area contributed by atoms with E-state index in [9.17, 15) is 0 Å². The van der Waals surface area contributed by atoms with Crippen LogP contribution in [-0.2, 0) is 6.54 Å². The number of imidazole rings is 1. The van der Waals surface area contributed by atoms with E-state index >= 15 is 0 Å². The van der Waals surface area contributed by atoms with Gasteiger partial charge in [-0.2, -0.15) is 0 Å². The molecule has 2 aromatic rings. The SMILES string of the molecule is COc1cc(C(C)NCc2ncc[nH]2)ccc1OCCC(C)C. The Kier molecular flexibility index (Phi) is 6.47. The fourth-order valence-corrected chi connectivity index (χ4v) is 2.24. The molecular weight excluding hydrogens is 290 g/mol. The molecule has 2 N–H and O–H groups in total. The van der Waals surface area contributed by atoms with Crippen molar-refractivity contribution >= 4 is 0 Å². The van der Waals surface area contributed by atoms with E-state index in [1.54, 1.807) is 13.3 Å². The summed E-state index contributed by atoms with van der Waals surface area (Å²) in [5.41, 5.74) is 1.16. The first kappa shape index (κ1) is 17.3. The van der Waals surface area contributed by atoms with Gasteiger partial charge in [0.05, 0.1) is 20.3 Å². The average molecular weight is 317 g/mol. The van der Waals surface area contributed by atoms with Crippen LogP contribution >= 0.6 is 0 Å². The Morgan fingerprint density at radius 2 is 2.04 bits per heavy atom. The molecule has 0 aliphatic rings. The molecule has 0 amide bonds. The van der Waals surface area contributed by atoms with Gasteiger partial charge >= 0.3 is 0 Å². The maximum atomic E-state index is 5.83. The van der Waals surface area contributed by atoms with Crippen molar-refractivity contribution < 1.29 is 9.47 Å². The molecule has 0 fully saturated rings. The Hall–Kier alpha value is -2.01. The highest BCUT2D eigenvalue weighted by Crippen LogP contribution is 2.30. The van der Waals surface area contributed by atoms with Crippen molar-refractivity contribution in [1.82, 2.24) is 15.3 Å². The molecule has 1 unspecified atom stereocenters. The van der Waals surface area contributed by atoms with Crippen LogP contribution in [0.1, 0.15) is 44.6 Å². The van der Waals surface area contributed by atoms with Crippen molar-refractivity contribution in [3.63, 3.8) is 0 Å². The summed E-state index contributed by atoms with van der Waals surface area (Å²) in [7, 11) is 1.68. The first-order valence-electron chi connectivity index (χ1n) is 8.12. The normalized spacial score (nSPS) is 12.4. The Morgan fingerprint density at radius 3 is 2.70 bits per heavy atom. The quantitative estimate of drug-likeness (QED) is 0.740. The van der Waals surface area contributed by atoms with Crippen molar-refractivity contribution in [2.24, 2.45) is 5.92 Å². The summed E-state index contributed by atoms with van der Waals surface area (Å²) < 4.78 is 11.3. The van der Waals surface area contributed by atoms with Crippen molar-refractivity contribution in [2.45, 2.75) is 39.8 Å². The molecule has 0 aliphatic carbocycles. The van der Waals surface area contributed by atoms with E-state index in [-0.39, 0.29) is 6.04 Å². The highest BCUT2D eigenvalue weighted by Gasteiger charge is 2.11. The number of aromatic nitrogens is 2. The number of aromatic amines is 1. The zero-order valence-corrected chi connectivity index (χ0v) is 14.4. The Bertz CT molecular complexity index is 582. The van der Waals surface area contributed by atoms with E-state index in [4.69, 9.17) is 9.47 Å². The third-order valence-electron chi connectivity index (χ3n) is 3.77. The van der Waals surface area contributed by atoms with Gasteiger partial charge in [0, 0.05) is 18.4 Å². The second-order valence-corrected chi connectivity index (χ2v) is 6.08. The molecule has 1 heterocycles. The Balaban J connectivity index is 1.96. The maximum Gasteiger partial charge on any atom is 0.161 e. The summed E-state index contributed by atoms with van der Waals surface area (Å²) >= 11 is 0. The summed E-state index contributed by atoms with van der Waals surface area (Å²) in [5, 5.41) is 3.44. The number of H-pyrrole nitrogens is 1. The Labute approximate surface area is 138 Å². The first-order valence-corrected chi connectivity index (χ1v) is 8.12. The summed E-state index contributed by atoms with van der Waals surface area (Å²) in [5.74, 6) is 3.14. The number of hydrogen-bond donors (Lipinski definition) is 2. The van der Waals surface area contributed by atoms with Gasteiger partial charge in [-0.1, -0.05) is 19.9 Å². The summed E-state index contributed by atoms with van der Waals surface area (Å²) in [6.45, 7) is 7.91. The predicted molar refractivity (Wildman–Crippen MR) is 91.8 cm³/mol. The minimum atomic E-state index is 0.193. The minimum absolute atomic E-state index is 0.193. The fraction of sp³-hybridized carbons (Fsp3) is 0.500. The molecule has 0 saturated carbocycles. The first-order chi connectivity index (χ1) is 11.1. The Morgan fingerprint density at radius 1 is 1.22 bits per heavy atom. The molecule has 0 saturated heterocycles. The lowest BCUT2D eigenvalue weighted by Crippen LogP contribution is -2.19. The number of nitrogens with one attached hydrogen (secondary N) is 2. The van der Waals surface area contributed by atoms with Crippen LogP contribution in [0.4, 0.5) is 0 Å². The lowest BCUT2D eigenvalue weighted by atomic mass is 10.1. The molecule has 0 aliphatic heterocycles. The second-order valence-electron chi connectivity index (χ2n) is 6.08. The molecule has 2 rings (SSSR count). The topological polar surface area (TPSA) is 59.2 Å². The summed E-state index contributed by atoms with van der Waals surface area (Å²) in [6.07, 6.45) is 4.62. The third-order valence-corrected chi connectivity index (χ3v) is 3.77. The lowest BCUT2D eigenvalue weighted by Gasteiger charge is -2.17. The van der Waals surface area contributed by atoms with Crippen LogP contribution in [0.15, 0.2) is 30.6 Å². The fourth-order valence-electron chi connectivity index (χ4n) is 2.24. The van der Waals surface area contributed by atoms with Crippen LogP contribution in [0.2, 0.25) is 0 Å². The molecule has 126 valence electrons. The zero-order chi connectivity index (χ0) is 16.7. The molecule has 5 heteroatoms. The molecule has 0 radical (unpaired) electrons. The lowest BCUT2D eigenvalue weighted by molar-refractivity contribution is 0.272. The van der Waals surface area contributed by atoms with Crippen LogP contribution in [0.25, 0.3) is 0 Å². The summed E-state index contributed by atoms with van der Waals surface area (Å²) in [6, 6.07) is 6.29. The van der Waals surface area contributed by atoms with Gasteiger partial charge in [0.1, 0.15) is 5.82 Å². The van der Waals surface area contributed by atoms with E-state index in [2.05, 4.69) is 42.1 Å². The standard InChI is InChI=1S/C18H27N3O2/c1-13(2)7-10-23-16-6-5-15(11-17(16)22-4)14(3)21-12-18-19-8-9-20-18/h5-6,8-9,11,13-14,21H,7,10,12H2,1-4H3,(H,19,20). The van der Waals surface area contributed by atoms with Crippen molar-refractivity contribution in [3.8, 4) is 11.5 Å². The average Bonchev–Trinajstić information content (AvgIpc) is 3.06. The number of methoxy groups -OCH3 is 1. The number of nitrogens with zero attached hydrogens (tertiary/aromatic N) is 1. The zero-order valence-electron chi connectivity index (χ0n) is 14.4. The van der Waals surface area contributed by atoms with Crippen LogP contribution < -0.4 is 14.8 Å². The van der Waals surface area contributed by atoms with Gasteiger partial charge in [-0.3, -0.25) is 0 Å². The van der Waals surface area contributed by atoms with E-state index in [0.29, 0.717) is 19.1 Å². The molecule has 0 spiro atoms. The van der Waals surface area contributed by atoms with Gasteiger partial charge in [0.2, 0.25) is 0 Å². The molecule has 0 bridgehead atoms. The van der Waals surface area contributed by atoms with Gasteiger partial charge in [0.25, 0.3) is 0 Å². The van der Waals surface area contributed by atoms with E-state index in [1.807, 2.05) is 18.3 Å². The van der Waals surface area contributed by atoms with Gasteiger partial charge in [-0.25, -0.2) is 4.98 Å². The van der Waals surface area contributed by atoms with Gasteiger partial charge in [-0.05, 0) is 37.0 Å². The number of benzene rings is 1. The number of ether oxygens (including phenoxy) is 2. The molecule has 5 nitrogen and oxygen atoms in total. The van der Waals surface area contributed by atoms with Gasteiger partial charge < -0.3 is 19.8 Å². The molecule has 1 aromatic heterocycles. The van der Waals surface area contributed by atoms with Crippen LogP contribution in [0, 0.1) is 5.92 Å². The van der Waals surface area contributed by atoms with Crippen molar-refractivity contribution in [3.05, 3.63) is 42.0 Å². The van der Waals surface area contributed by atoms with Crippen LogP contribution in [0.3, 0.4) is 0 Å². The number of rotatable bonds is 9. The van der Waals surface area contributed by atoms with E-state index in [0.717, 1.165) is 29.3 Å². The molecular formula is C18H27N3O2. The predicted octanol–water partition coefficient (Wildman–Crippen LogP) is 3.69. The number of hydrogen-bond acceptors (Lipinski definition) is 4. The highest BCUT2D eigenvalue weighted by molar-refractivity contribution is 5.43. The third kappa shape index (κ3) is 5.28. The highest BCUT2D eigenvalue weighted by atomic mass is 16.5. The summed E-state index contributed by atoms with van der Waals surface area (Å²) in [4.78, 5) is 7.30. The smallest absolute Gasteiger partial charge is 0.161 e. The minimum Gasteiger partial charge on any atom is -0.493 e. The van der Waals surface area contributed by atoms with Gasteiger partial charge in [-0.15, -0.1) is 0 Å². The largest absolute Gasteiger partial charge is 0.493 e. The van der Waals surface area contributed by atoms with Crippen LogP contribution in [0.5, 0.6) is 11.5 Å². The second kappa shape index (κ2) is 8.58. The van der Waals surface area contributed by atoms with E-state index < -0.39 is 0 Å². The monoisotopic (exact) mass is 317 g/mol. The van der Waals surface area contributed by atoms with Gasteiger partial charge in [0.15, 0.2) is 11.5 Å². The molecule has 23 heavy (non-hydrogen) atoms. The van der Waals surface area contributed by atoms with Crippen molar-refractivity contribution in [1.29, 1.82) is 0 Å². The molecule has 1 atom stereocenters.